The Bertz CT molecular complexity index is 633. The number of hydrogen-bond donors (Lipinski definition) is 1. The van der Waals surface area contributed by atoms with Crippen LogP contribution in [0.2, 0.25) is 0 Å². The molecule has 0 spiro atoms. The predicted molar refractivity (Wildman–Crippen MR) is 97.6 cm³/mol. The summed E-state index contributed by atoms with van der Waals surface area (Å²) in [7, 11) is 0. The Morgan fingerprint density at radius 3 is 2.59 bits per heavy atom. The van der Waals surface area contributed by atoms with Crippen LogP contribution in [0.15, 0.2) is 0 Å². The van der Waals surface area contributed by atoms with Crippen LogP contribution in [-0.2, 0) is 13.0 Å². The van der Waals surface area contributed by atoms with Gasteiger partial charge >= 0.3 is 0 Å². The number of aryl methyl sites for hydroxylation is 4. The second-order valence-corrected chi connectivity index (χ2v) is 6.87. The van der Waals surface area contributed by atoms with Crippen LogP contribution in [0, 0.1) is 13.8 Å². The number of nitrogens with zero attached hydrogens (tertiary/aromatic N) is 3. The van der Waals surface area contributed by atoms with Crippen LogP contribution >= 0.6 is 11.8 Å². The average molecular weight is 321 g/mol. The lowest BCUT2D eigenvalue weighted by molar-refractivity contribution is 0.605. The summed E-state index contributed by atoms with van der Waals surface area (Å²) in [6, 6.07) is 0. The molecular formula is C17H28N4S. The molecule has 2 rings (SSSR count). The van der Waals surface area contributed by atoms with Crippen molar-refractivity contribution in [2.24, 2.45) is 0 Å². The third kappa shape index (κ3) is 3.57. The standard InChI is InChI=1S/C17H28N4S/c1-5-6-9-14-20-15-16(12(2)13(3)19-17(15)18)21(14)10-7-8-11-22-4/h5-11H2,1-4H3,(H2,18,19). The van der Waals surface area contributed by atoms with Crippen LogP contribution in [0.5, 0.6) is 0 Å². The molecule has 0 saturated carbocycles. The van der Waals surface area contributed by atoms with E-state index in [0.29, 0.717) is 5.82 Å². The van der Waals surface area contributed by atoms with Crippen molar-refractivity contribution in [3.8, 4) is 0 Å². The van der Waals surface area contributed by atoms with Gasteiger partial charge in [-0.05, 0) is 50.7 Å². The molecule has 122 valence electrons. The lowest BCUT2D eigenvalue weighted by Crippen LogP contribution is -2.06. The van der Waals surface area contributed by atoms with Gasteiger partial charge < -0.3 is 10.3 Å². The minimum Gasteiger partial charge on any atom is -0.382 e. The third-order valence-electron chi connectivity index (χ3n) is 4.21. The SMILES string of the molecule is CCCCc1nc2c(N)nc(C)c(C)c2n1CCCCSC. The van der Waals surface area contributed by atoms with E-state index in [9.17, 15) is 0 Å². The van der Waals surface area contributed by atoms with Crippen molar-refractivity contribution >= 4 is 28.6 Å². The van der Waals surface area contributed by atoms with E-state index in [2.05, 4.69) is 29.7 Å². The molecule has 4 nitrogen and oxygen atoms in total. The van der Waals surface area contributed by atoms with E-state index in [1.807, 2.05) is 18.7 Å². The van der Waals surface area contributed by atoms with Gasteiger partial charge in [0.2, 0.25) is 0 Å². The second-order valence-electron chi connectivity index (χ2n) is 5.89. The minimum atomic E-state index is 0.568. The van der Waals surface area contributed by atoms with Crippen LogP contribution in [0.3, 0.4) is 0 Å². The maximum atomic E-state index is 6.12. The first-order chi connectivity index (χ1) is 10.6. The second kappa shape index (κ2) is 7.86. The number of nitrogens with two attached hydrogens (primary N) is 1. The number of imidazole rings is 1. The Morgan fingerprint density at radius 2 is 1.91 bits per heavy atom. The van der Waals surface area contributed by atoms with Crippen molar-refractivity contribution < 1.29 is 0 Å². The number of aromatic nitrogens is 3. The Kier molecular flexibility index (Phi) is 6.12. The van der Waals surface area contributed by atoms with E-state index in [0.717, 1.165) is 24.2 Å². The van der Waals surface area contributed by atoms with E-state index < -0.39 is 0 Å². The molecule has 0 aromatic carbocycles. The summed E-state index contributed by atoms with van der Waals surface area (Å²) >= 11 is 1.91. The maximum absolute atomic E-state index is 6.12. The molecule has 2 aromatic heterocycles. The number of rotatable bonds is 8. The number of nitrogen functional groups attached to an aromatic ring is 1. The van der Waals surface area contributed by atoms with E-state index in [1.54, 1.807) is 0 Å². The molecule has 0 aliphatic carbocycles. The fourth-order valence-corrected chi connectivity index (χ4v) is 3.32. The Hall–Kier alpha value is -1.23. The normalized spacial score (nSPS) is 11.5. The number of unbranched alkanes of at least 4 members (excludes halogenated alkanes) is 2. The summed E-state index contributed by atoms with van der Waals surface area (Å²) in [5.74, 6) is 2.96. The molecule has 2 N–H and O–H groups in total. The van der Waals surface area contributed by atoms with Crippen molar-refractivity contribution in [1.29, 1.82) is 0 Å². The fraction of sp³-hybridized carbons (Fsp3) is 0.647. The van der Waals surface area contributed by atoms with Gasteiger partial charge in [0.05, 0.1) is 5.52 Å². The first kappa shape index (κ1) is 17.1. The lowest BCUT2D eigenvalue weighted by atomic mass is 10.2. The van der Waals surface area contributed by atoms with Crippen LogP contribution in [0.4, 0.5) is 5.82 Å². The number of pyridine rings is 1. The Morgan fingerprint density at radius 1 is 1.14 bits per heavy atom. The fourth-order valence-electron chi connectivity index (χ4n) is 2.83. The van der Waals surface area contributed by atoms with Gasteiger partial charge in [0.1, 0.15) is 11.3 Å². The number of anilines is 1. The van der Waals surface area contributed by atoms with Gasteiger partial charge in [-0.2, -0.15) is 11.8 Å². The number of hydrogen-bond acceptors (Lipinski definition) is 4. The van der Waals surface area contributed by atoms with Crippen molar-refractivity contribution in [2.45, 2.75) is 59.4 Å². The van der Waals surface area contributed by atoms with E-state index >= 15 is 0 Å². The highest BCUT2D eigenvalue weighted by atomic mass is 32.2. The van der Waals surface area contributed by atoms with Crippen LogP contribution in [0.1, 0.15) is 49.7 Å². The highest BCUT2D eigenvalue weighted by molar-refractivity contribution is 7.98. The van der Waals surface area contributed by atoms with Crippen LogP contribution in [0.25, 0.3) is 11.0 Å². The van der Waals surface area contributed by atoms with Gasteiger partial charge in [-0.15, -0.1) is 0 Å². The molecule has 0 radical (unpaired) electrons. The van der Waals surface area contributed by atoms with E-state index in [4.69, 9.17) is 10.7 Å². The van der Waals surface area contributed by atoms with Gasteiger partial charge in [-0.3, -0.25) is 0 Å². The van der Waals surface area contributed by atoms with Crippen molar-refractivity contribution in [3.05, 3.63) is 17.1 Å². The zero-order valence-electron chi connectivity index (χ0n) is 14.3. The molecule has 0 aliphatic rings. The Labute approximate surface area is 137 Å². The largest absolute Gasteiger partial charge is 0.382 e. The van der Waals surface area contributed by atoms with E-state index in [1.165, 1.54) is 48.3 Å². The zero-order chi connectivity index (χ0) is 16.1. The number of fused-ring (bicyclic) bond motifs is 1. The predicted octanol–water partition coefficient (Wildman–Crippen LogP) is 4.12. The molecule has 0 unspecified atom stereocenters. The number of thioether (sulfide) groups is 1. The average Bonchev–Trinajstić information content (AvgIpc) is 2.86. The third-order valence-corrected chi connectivity index (χ3v) is 4.91. The molecule has 5 heteroatoms. The maximum Gasteiger partial charge on any atom is 0.151 e. The highest BCUT2D eigenvalue weighted by Gasteiger charge is 2.16. The molecular weight excluding hydrogens is 292 g/mol. The van der Waals surface area contributed by atoms with Gasteiger partial charge in [-0.1, -0.05) is 13.3 Å². The first-order valence-corrected chi connectivity index (χ1v) is 9.60. The van der Waals surface area contributed by atoms with Crippen molar-refractivity contribution in [1.82, 2.24) is 14.5 Å². The van der Waals surface area contributed by atoms with Crippen LogP contribution in [-0.4, -0.2) is 26.5 Å². The monoisotopic (exact) mass is 320 g/mol. The van der Waals surface area contributed by atoms with E-state index in [-0.39, 0.29) is 0 Å². The summed E-state index contributed by atoms with van der Waals surface area (Å²) in [4.78, 5) is 9.27. The van der Waals surface area contributed by atoms with Gasteiger partial charge in [0.15, 0.2) is 5.82 Å². The molecule has 2 heterocycles. The van der Waals surface area contributed by atoms with Crippen molar-refractivity contribution in [2.75, 3.05) is 17.7 Å². The molecule has 0 amide bonds. The lowest BCUT2D eigenvalue weighted by Gasteiger charge is -2.11. The minimum absolute atomic E-state index is 0.568. The molecule has 0 bridgehead atoms. The zero-order valence-corrected chi connectivity index (χ0v) is 15.1. The molecule has 0 atom stereocenters. The smallest absolute Gasteiger partial charge is 0.151 e. The molecule has 0 fully saturated rings. The van der Waals surface area contributed by atoms with Gasteiger partial charge in [0.25, 0.3) is 0 Å². The quantitative estimate of drug-likeness (QED) is 0.743. The summed E-state index contributed by atoms with van der Waals surface area (Å²) in [6.07, 6.45) is 7.96. The van der Waals surface area contributed by atoms with Gasteiger partial charge in [-0.25, -0.2) is 9.97 Å². The highest BCUT2D eigenvalue weighted by Crippen LogP contribution is 2.27. The molecule has 0 aliphatic heterocycles. The summed E-state index contributed by atoms with van der Waals surface area (Å²) in [5.41, 5.74) is 10.4. The summed E-state index contributed by atoms with van der Waals surface area (Å²) in [6.45, 7) is 7.41. The topological polar surface area (TPSA) is 56.7 Å². The molecule has 22 heavy (non-hydrogen) atoms. The molecule has 2 aromatic rings. The van der Waals surface area contributed by atoms with Crippen LogP contribution < -0.4 is 5.73 Å². The van der Waals surface area contributed by atoms with Gasteiger partial charge in [0, 0.05) is 18.7 Å². The summed E-state index contributed by atoms with van der Waals surface area (Å²) < 4.78 is 2.39. The first-order valence-electron chi connectivity index (χ1n) is 8.20. The Balaban J connectivity index is 2.42. The molecule has 0 saturated heterocycles. The summed E-state index contributed by atoms with van der Waals surface area (Å²) in [5, 5.41) is 0. The van der Waals surface area contributed by atoms with Crippen molar-refractivity contribution in [3.63, 3.8) is 0 Å².